The molecule has 0 radical (unpaired) electrons. The second kappa shape index (κ2) is 10.3. The lowest BCUT2D eigenvalue weighted by Crippen LogP contribution is -2.17. The Balaban J connectivity index is 2.14. The second-order valence-corrected chi connectivity index (χ2v) is 5.25. The van der Waals surface area contributed by atoms with Gasteiger partial charge in [-0.2, -0.15) is 0 Å². The largest absolute Gasteiger partial charge is 0.377 e. The van der Waals surface area contributed by atoms with Crippen molar-refractivity contribution in [3.8, 4) is 0 Å². The molecular formula is C16H28O2. The van der Waals surface area contributed by atoms with Crippen LogP contribution in [0, 0.1) is 11.8 Å². The van der Waals surface area contributed by atoms with Gasteiger partial charge in [0.2, 0.25) is 0 Å². The minimum absolute atomic E-state index is 0.689. The van der Waals surface area contributed by atoms with E-state index in [1.165, 1.54) is 38.5 Å². The summed E-state index contributed by atoms with van der Waals surface area (Å²) in [4.78, 5) is 0. The minimum Gasteiger partial charge on any atom is -0.377 e. The van der Waals surface area contributed by atoms with Crippen LogP contribution in [0.3, 0.4) is 0 Å². The molecule has 1 aliphatic rings. The first-order chi connectivity index (χ1) is 8.86. The van der Waals surface area contributed by atoms with Gasteiger partial charge in [-0.1, -0.05) is 25.0 Å². The van der Waals surface area contributed by atoms with Gasteiger partial charge in [-0.25, -0.2) is 0 Å². The van der Waals surface area contributed by atoms with Crippen LogP contribution in [0.15, 0.2) is 25.3 Å². The molecule has 0 atom stereocenters. The van der Waals surface area contributed by atoms with Crippen LogP contribution in [0.4, 0.5) is 0 Å². The molecule has 18 heavy (non-hydrogen) atoms. The van der Waals surface area contributed by atoms with Crippen molar-refractivity contribution in [2.24, 2.45) is 11.8 Å². The minimum atomic E-state index is 0.689. The van der Waals surface area contributed by atoms with E-state index in [1.807, 2.05) is 12.2 Å². The van der Waals surface area contributed by atoms with Crippen molar-refractivity contribution >= 4 is 0 Å². The molecule has 0 amide bonds. The normalized spacial score (nSPS) is 25.1. The van der Waals surface area contributed by atoms with Crippen molar-refractivity contribution < 1.29 is 9.47 Å². The summed E-state index contributed by atoms with van der Waals surface area (Å²) in [7, 11) is 0. The first-order valence-electron chi connectivity index (χ1n) is 7.24. The molecule has 0 aromatic carbocycles. The van der Waals surface area contributed by atoms with E-state index < -0.39 is 0 Å². The number of ether oxygens (including phenoxy) is 2. The molecule has 0 N–H and O–H groups in total. The third-order valence-electron chi connectivity index (χ3n) is 3.63. The van der Waals surface area contributed by atoms with Crippen molar-refractivity contribution in [2.75, 3.05) is 26.4 Å². The van der Waals surface area contributed by atoms with E-state index in [0.717, 1.165) is 25.0 Å². The highest BCUT2D eigenvalue weighted by Crippen LogP contribution is 2.26. The maximum absolute atomic E-state index is 5.57. The Bertz CT molecular complexity index is 193. The van der Waals surface area contributed by atoms with Gasteiger partial charge in [0.15, 0.2) is 0 Å². The summed E-state index contributed by atoms with van der Waals surface area (Å²) in [5.74, 6) is 1.50. The fourth-order valence-corrected chi connectivity index (χ4v) is 2.65. The molecule has 1 saturated carbocycles. The summed E-state index contributed by atoms with van der Waals surface area (Å²) in [5.41, 5.74) is 0. The second-order valence-electron chi connectivity index (χ2n) is 5.25. The molecule has 0 heterocycles. The molecule has 2 nitrogen and oxygen atoms in total. The average Bonchev–Trinajstić information content (AvgIpc) is 2.34. The Labute approximate surface area is 112 Å². The fraction of sp³-hybridized carbons (Fsp3) is 0.750. The number of hydrogen-bond donors (Lipinski definition) is 0. The Kier molecular flexibility index (Phi) is 8.87. The molecule has 0 bridgehead atoms. The molecule has 0 unspecified atom stereocenters. The Morgan fingerprint density at radius 3 is 1.50 bits per heavy atom. The molecule has 0 spiro atoms. The van der Waals surface area contributed by atoms with Crippen molar-refractivity contribution in [3.63, 3.8) is 0 Å². The van der Waals surface area contributed by atoms with Gasteiger partial charge in [0.05, 0.1) is 13.2 Å². The van der Waals surface area contributed by atoms with Crippen LogP contribution in [0.1, 0.15) is 38.5 Å². The lowest BCUT2D eigenvalue weighted by molar-refractivity contribution is 0.0886. The van der Waals surface area contributed by atoms with E-state index in [0.29, 0.717) is 13.2 Å². The van der Waals surface area contributed by atoms with Gasteiger partial charge in [-0.3, -0.25) is 0 Å². The molecule has 0 aromatic heterocycles. The lowest BCUT2D eigenvalue weighted by Gasteiger charge is -2.24. The number of rotatable bonds is 8. The van der Waals surface area contributed by atoms with Crippen LogP contribution in [0.5, 0.6) is 0 Å². The summed E-state index contributed by atoms with van der Waals surface area (Å²) in [6, 6.07) is 0. The quantitative estimate of drug-likeness (QED) is 0.480. The topological polar surface area (TPSA) is 18.5 Å². The Hall–Kier alpha value is -0.600. The predicted molar refractivity (Wildman–Crippen MR) is 76.7 cm³/mol. The SMILES string of the molecule is C=CCOCC1CCCC(COCC=C)CCC1. The average molecular weight is 252 g/mol. The van der Waals surface area contributed by atoms with Gasteiger partial charge in [-0.05, 0) is 37.5 Å². The highest BCUT2D eigenvalue weighted by Gasteiger charge is 2.17. The highest BCUT2D eigenvalue weighted by molar-refractivity contribution is 4.71. The van der Waals surface area contributed by atoms with E-state index in [1.54, 1.807) is 0 Å². The number of hydrogen-bond acceptors (Lipinski definition) is 2. The van der Waals surface area contributed by atoms with Crippen molar-refractivity contribution in [1.29, 1.82) is 0 Å². The third kappa shape index (κ3) is 6.97. The van der Waals surface area contributed by atoms with Crippen LogP contribution < -0.4 is 0 Å². The molecule has 0 aliphatic heterocycles. The van der Waals surface area contributed by atoms with Crippen molar-refractivity contribution in [1.82, 2.24) is 0 Å². The smallest absolute Gasteiger partial charge is 0.0644 e. The van der Waals surface area contributed by atoms with Crippen molar-refractivity contribution in [3.05, 3.63) is 25.3 Å². The summed E-state index contributed by atoms with van der Waals surface area (Å²) >= 11 is 0. The molecule has 0 aromatic rings. The van der Waals surface area contributed by atoms with E-state index in [2.05, 4.69) is 13.2 Å². The van der Waals surface area contributed by atoms with Gasteiger partial charge in [0.25, 0.3) is 0 Å². The Morgan fingerprint density at radius 1 is 0.778 bits per heavy atom. The summed E-state index contributed by atoms with van der Waals surface area (Å²) in [6.07, 6.45) is 11.5. The van der Waals surface area contributed by atoms with Crippen LogP contribution in [-0.4, -0.2) is 26.4 Å². The van der Waals surface area contributed by atoms with E-state index >= 15 is 0 Å². The maximum Gasteiger partial charge on any atom is 0.0644 e. The predicted octanol–water partition coefficient (Wildman–Crippen LogP) is 3.98. The van der Waals surface area contributed by atoms with E-state index in [9.17, 15) is 0 Å². The summed E-state index contributed by atoms with van der Waals surface area (Å²) in [5, 5.41) is 0. The summed E-state index contributed by atoms with van der Waals surface area (Å²) in [6.45, 7) is 10.5. The van der Waals surface area contributed by atoms with Gasteiger partial charge in [0, 0.05) is 13.2 Å². The van der Waals surface area contributed by atoms with Gasteiger partial charge in [0.1, 0.15) is 0 Å². The molecule has 1 aliphatic carbocycles. The van der Waals surface area contributed by atoms with Crippen LogP contribution >= 0.6 is 0 Å². The molecular weight excluding hydrogens is 224 g/mol. The zero-order valence-electron chi connectivity index (χ0n) is 11.6. The van der Waals surface area contributed by atoms with Gasteiger partial charge >= 0.3 is 0 Å². The fourth-order valence-electron chi connectivity index (χ4n) is 2.65. The molecule has 2 heteroatoms. The van der Waals surface area contributed by atoms with Crippen LogP contribution in [0.2, 0.25) is 0 Å². The first-order valence-corrected chi connectivity index (χ1v) is 7.24. The van der Waals surface area contributed by atoms with Crippen molar-refractivity contribution in [2.45, 2.75) is 38.5 Å². The van der Waals surface area contributed by atoms with Gasteiger partial charge in [-0.15, -0.1) is 13.2 Å². The maximum atomic E-state index is 5.57. The molecule has 0 saturated heterocycles. The highest BCUT2D eigenvalue weighted by atomic mass is 16.5. The third-order valence-corrected chi connectivity index (χ3v) is 3.63. The van der Waals surface area contributed by atoms with Crippen LogP contribution in [-0.2, 0) is 9.47 Å². The molecule has 1 rings (SSSR count). The first kappa shape index (κ1) is 15.5. The zero-order valence-corrected chi connectivity index (χ0v) is 11.6. The molecule has 104 valence electrons. The zero-order chi connectivity index (χ0) is 13.1. The Morgan fingerprint density at radius 2 is 1.17 bits per heavy atom. The van der Waals surface area contributed by atoms with Gasteiger partial charge < -0.3 is 9.47 Å². The standard InChI is InChI=1S/C16H28O2/c1-3-11-17-13-15-7-5-9-16(10-6-8-15)14-18-12-4-2/h3-4,15-16H,1-2,5-14H2. The van der Waals surface area contributed by atoms with Crippen LogP contribution in [0.25, 0.3) is 0 Å². The van der Waals surface area contributed by atoms with E-state index in [4.69, 9.17) is 9.47 Å². The summed E-state index contributed by atoms with van der Waals surface area (Å²) < 4.78 is 11.1. The monoisotopic (exact) mass is 252 g/mol. The lowest BCUT2D eigenvalue weighted by atomic mass is 9.86. The molecule has 1 fully saturated rings. The van der Waals surface area contributed by atoms with E-state index in [-0.39, 0.29) is 0 Å².